The summed E-state index contributed by atoms with van der Waals surface area (Å²) in [4.78, 5) is 15.6. The van der Waals surface area contributed by atoms with Crippen LogP contribution in [0.15, 0.2) is 24.3 Å². The van der Waals surface area contributed by atoms with Crippen molar-refractivity contribution in [1.29, 1.82) is 0 Å². The number of hydrogen-bond donors (Lipinski definition) is 0. The van der Waals surface area contributed by atoms with E-state index in [9.17, 15) is 4.79 Å². The van der Waals surface area contributed by atoms with Crippen molar-refractivity contribution in [3.63, 3.8) is 0 Å². The topological polar surface area (TPSA) is 39.2 Å². The van der Waals surface area contributed by atoms with E-state index in [0.717, 1.165) is 10.9 Å². The highest BCUT2D eigenvalue weighted by Gasteiger charge is 2.11. The highest BCUT2D eigenvalue weighted by Crippen LogP contribution is 2.24. The van der Waals surface area contributed by atoms with Crippen LogP contribution in [-0.4, -0.2) is 18.1 Å². The quantitative estimate of drug-likeness (QED) is 0.714. The molecular weight excluding hydrogens is 226 g/mol. The van der Waals surface area contributed by atoms with Crippen molar-refractivity contribution in [2.45, 2.75) is 6.92 Å². The molecule has 0 amide bonds. The standard InChI is InChI=1S/C12H10ClNO2/c1-7-3-4-8-9(13)6-11(12(15)16-2)14-10(8)5-7/h3-6H,1-2H3. The zero-order valence-electron chi connectivity index (χ0n) is 8.95. The van der Waals surface area contributed by atoms with Crippen molar-refractivity contribution in [1.82, 2.24) is 4.98 Å². The third-order valence-corrected chi connectivity index (χ3v) is 2.62. The van der Waals surface area contributed by atoms with Crippen LogP contribution < -0.4 is 0 Å². The van der Waals surface area contributed by atoms with E-state index in [1.54, 1.807) is 0 Å². The van der Waals surface area contributed by atoms with Gasteiger partial charge in [0.05, 0.1) is 17.6 Å². The van der Waals surface area contributed by atoms with Gasteiger partial charge in [-0.25, -0.2) is 9.78 Å². The Morgan fingerprint density at radius 2 is 2.12 bits per heavy atom. The number of methoxy groups -OCH3 is 1. The lowest BCUT2D eigenvalue weighted by molar-refractivity contribution is 0.0594. The summed E-state index contributed by atoms with van der Waals surface area (Å²) in [5.41, 5.74) is 2.00. The molecule has 0 radical (unpaired) electrons. The average molecular weight is 236 g/mol. The smallest absolute Gasteiger partial charge is 0.356 e. The van der Waals surface area contributed by atoms with Gasteiger partial charge in [-0.1, -0.05) is 23.7 Å². The maximum atomic E-state index is 11.4. The lowest BCUT2D eigenvalue weighted by Gasteiger charge is -2.04. The molecular formula is C12H10ClNO2. The van der Waals surface area contributed by atoms with Gasteiger partial charge in [-0.3, -0.25) is 0 Å². The van der Waals surface area contributed by atoms with E-state index in [-0.39, 0.29) is 5.69 Å². The number of carbonyl (C=O) groups is 1. The molecule has 0 aliphatic carbocycles. The predicted octanol–water partition coefficient (Wildman–Crippen LogP) is 2.98. The molecule has 4 heteroatoms. The summed E-state index contributed by atoms with van der Waals surface area (Å²) < 4.78 is 4.61. The molecule has 0 atom stereocenters. The summed E-state index contributed by atoms with van der Waals surface area (Å²) in [5, 5.41) is 1.34. The number of aromatic nitrogens is 1. The lowest BCUT2D eigenvalue weighted by atomic mass is 10.1. The molecule has 2 aromatic rings. The first-order valence-electron chi connectivity index (χ1n) is 4.77. The number of benzene rings is 1. The number of hydrogen-bond acceptors (Lipinski definition) is 3. The minimum atomic E-state index is -0.481. The second-order valence-electron chi connectivity index (χ2n) is 3.50. The predicted molar refractivity (Wildman–Crippen MR) is 62.8 cm³/mol. The fourth-order valence-corrected chi connectivity index (χ4v) is 1.77. The number of fused-ring (bicyclic) bond motifs is 1. The van der Waals surface area contributed by atoms with Gasteiger partial charge in [0, 0.05) is 5.39 Å². The number of ether oxygens (including phenoxy) is 1. The van der Waals surface area contributed by atoms with Gasteiger partial charge in [0.2, 0.25) is 0 Å². The van der Waals surface area contributed by atoms with Gasteiger partial charge < -0.3 is 4.74 Å². The van der Waals surface area contributed by atoms with E-state index in [1.165, 1.54) is 13.2 Å². The van der Waals surface area contributed by atoms with Gasteiger partial charge in [0.15, 0.2) is 5.69 Å². The zero-order valence-corrected chi connectivity index (χ0v) is 9.71. The molecule has 2 rings (SSSR count). The second-order valence-corrected chi connectivity index (χ2v) is 3.91. The van der Waals surface area contributed by atoms with Gasteiger partial charge in [0.25, 0.3) is 0 Å². The second kappa shape index (κ2) is 4.10. The molecule has 0 N–H and O–H groups in total. The highest BCUT2D eigenvalue weighted by atomic mass is 35.5. The number of halogens is 1. The fraction of sp³-hybridized carbons (Fsp3) is 0.167. The van der Waals surface area contributed by atoms with Crippen LogP contribution in [0.5, 0.6) is 0 Å². The van der Waals surface area contributed by atoms with Gasteiger partial charge in [0.1, 0.15) is 0 Å². The Kier molecular flexibility index (Phi) is 2.79. The number of carbonyl (C=O) groups excluding carboxylic acids is 1. The molecule has 0 aliphatic heterocycles. The molecule has 0 unspecified atom stereocenters. The number of aryl methyl sites for hydroxylation is 1. The van der Waals surface area contributed by atoms with Crippen LogP contribution >= 0.6 is 11.6 Å². The molecule has 0 saturated carbocycles. The summed E-state index contributed by atoms with van der Waals surface area (Å²) in [7, 11) is 1.32. The summed E-state index contributed by atoms with van der Waals surface area (Å²) in [5.74, 6) is -0.481. The highest BCUT2D eigenvalue weighted by molar-refractivity contribution is 6.35. The first kappa shape index (κ1) is 10.9. The van der Waals surface area contributed by atoms with E-state index >= 15 is 0 Å². The van der Waals surface area contributed by atoms with Crippen LogP contribution in [0.2, 0.25) is 5.02 Å². The van der Waals surface area contributed by atoms with Crippen molar-refractivity contribution in [3.8, 4) is 0 Å². The maximum absolute atomic E-state index is 11.4. The lowest BCUT2D eigenvalue weighted by Crippen LogP contribution is -2.04. The number of rotatable bonds is 1. The third kappa shape index (κ3) is 1.86. The van der Waals surface area contributed by atoms with Crippen molar-refractivity contribution >= 4 is 28.5 Å². The molecule has 0 aliphatic rings. The van der Waals surface area contributed by atoms with Crippen molar-refractivity contribution in [3.05, 3.63) is 40.5 Å². The minimum Gasteiger partial charge on any atom is -0.464 e. The van der Waals surface area contributed by atoms with Crippen LogP contribution in [0.4, 0.5) is 0 Å². The van der Waals surface area contributed by atoms with Crippen LogP contribution in [0.25, 0.3) is 10.9 Å². The van der Waals surface area contributed by atoms with E-state index in [0.29, 0.717) is 10.5 Å². The van der Waals surface area contributed by atoms with Crippen LogP contribution in [0.3, 0.4) is 0 Å². The molecule has 0 spiro atoms. The van der Waals surface area contributed by atoms with Crippen LogP contribution in [0, 0.1) is 6.92 Å². The largest absolute Gasteiger partial charge is 0.464 e. The Morgan fingerprint density at radius 3 is 2.81 bits per heavy atom. The molecule has 82 valence electrons. The van der Waals surface area contributed by atoms with Crippen molar-refractivity contribution < 1.29 is 9.53 Å². The minimum absolute atomic E-state index is 0.227. The van der Waals surface area contributed by atoms with E-state index in [4.69, 9.17) is 11.6 Å². The zero-order chi connectivity index (χ0) is 11.7. The summed E-state index contributed by atoms with van der Waals surface area (Å²) in [6.45, 7) is 1.96. The molecule has 0 fully saturated rings. The third-order valence-electron chi connectivity index (χ3n) is 2.31. The van der Waals surface area contributed by atoms with Gasteiger partial charge >= 0.3 is 5.97 Å². The Morgan fingerprint density at radius 1 is 1.38 bits per heavy atom. The first-order chi connectivity index (χ1) is 7.61. The molecule has 1 heterocycles. The molecule has 0 bridgehead atoms. The summed E-state index contributed by atoms with van der Waals surface area (Å²) in [6, 6.07) is 7.24. The fourth-order valence-electron chi connectivity index (χ4n) is 1.51. The van der Waals surface area contributed by atoms with Gasteiger partial charge in [-0.2, -0.15) is 0 Å². The molecule has 16 heavy (non-hydrogen) atoms. The van der Waals surface area contributed by atoms with Crippen LogP contribution in [0.1, 0.15) is 16.1 Å². The molecule has 1 aromatic carbocycles. The number of esters is 1. The monoisotopic (exact) mass is 235 g/mol. The number of nitrogens with zero attached hydrogens (tertiary/aromatic N) is 1. The maximum Gasteiger partial charge on any atom is 0.356 e. The normalized spacial score (nSPS) is 10.4. The molecule has 1 aromatic heterocycles. The summed E-state index contributed by atoms with van der Waals surface area (Å²) in [6.07, 6.45) is 0. The average Bonchev–Trinajstić information content (AvgIpc) is 2.27. The molecule has 0 saturated heterocycles. The SMILES string of the molecule is COC(=O)c1cc(Cl)c2ccc(C)cc2n1. The molecule has 3 nitrogen and oxygen atoms in total. The Hall–Kier alpha value is -1.61. The van der Waals surface area contributed by atoms with Crippen LogP contribution in [-0.2, 0) is 4.74 Å². The van der Waals surface area contributed by atoms with E-state index in [2.05, 4.69) is 9.72 Å². The Labute approximate surface area is 98.0 Å². The van der Waals surface area contributed by atoms with Gasteiger partial charge in [-0.15, -0.1) is 0 Å². The first-order valence-corrected chi connectivity index (χ1v) is 5.15. The van der Waals surface area contributed by atoms with Crippen molar-refractivity contribution in [2.24, 2.45) is 0 Å². The number of pyridine rings is 1. The van der Waals surface area contributed by atoms with Gasteiger partial charge in [-0.05, 0) is 24.6 Å². The van der Waals surface area contributed by atoms with E-state index < -0.39 is 5.97 Å². The van der Waals surface area contributed by atoms with E-state index in [1.807, 2.05) is 25.1 Å². The Bertz CT molecular complexity index is 566. The van der Waals surface area contributed by atoms with Crippen molar-refractivity contribution in [2.75, 3.05) is 7.11 Å². The summed E-state index contributed by atoms with van der Waals surface area (Å²) >= 11 is 6.07. The Balaban J connectivity index is 2.69.